The van der Waals surface area contributed by atoms with E-state index in [1.54, 1.807) is 13.0 Å². The van der Waals surface area contributed by atoms with Gasteiger partial charge >= 0.3 is 0 Å². The maximum absolute atomic E-state index is 13.4. The van der Waals surface area contributed by atoms with E-state index in [9.17, 15) is 8.78 Å². The normalized spacial score (nSPS) is 10.8. The van der Waals surface area contributed by atoms with Crippen LogP contribution < -0.4 is 5.32 Å². The van der Waals surface area contributed by atoms with E-state index < -0.39 is 11.6 Å². The summed E-state index contributed by atoms with van der Waals surface area (Å²) in [6.07, 6.45) is 5.07. The Labute approximate surface area is 102 Å². The Morgan fingerprint density at radius 3 is 2.41 bits per heavy atom. The van der Waals surface area contributed by atoms with Gasteiger partial charge in [0.05, 0.1) is 0 Å². The second-order valence-corrected chi connectivity index (χ2v) is 4.46. The van der Waals surface area contributed by atoms with E-state index in [0.29, 0.717) is 17.5 Å². The summed E-state index contributed by atoms with van der Waals surface area (Å²) < 4.78 is 26.5. The van der Waals surface area contributed by atoms with Crippen molar-refractivity contribution < 1.29 is 8.78 Å². The fourth-order valence-corrected chi connectivity index (χ4v) is 1.88. The minimum atomic E-state index is -0.458. The Kier molecular flexibility index (Phi) is 6.12. The first-order chi connectivity index (χ1) is 8.15. The smallest absolute Gasteiger partial charge is 0.129 e. The van der Waals surface area contributed by atoms with Crippen molar-refractivity contribution in [3.8, 4) is 0 Å². The molecule has 0 amide bonds. The van der Waals surface area contributed by atoms with Gasteiger partial charge in [0.15, 0.2) is 0 Å². The van der Waals surface area contributed by atoms with Crippen molar-refractivity contribution in [3.63, 3.8) is 0 Å². The summed E-state index contributed by atoms with van der Waals surface area (Å²) in [5.41, 5.74) is 1.16. The summed E-state index contributed by atoms with van der Waals surface area (Å²) >= 11 is 0. The number of rotatable bonds is 7. The van der Waals surface area contributed by atoms with Crippen molar-refractivity contribution in [3.05, 3.63) is 34.9 Å². The molecule has 0 aromatic heterocycles. The quantitative estimate of drug-likeness (QED) is 0.719. The van der Waals surface area contributed by atoms with Crippen molar-refractivity contribution in [2.45, 2.75) is 39.0 Å². The van der Waals surface area contributed by atoms with Crippen molar-refractivity contribution >= 4 is 0 Å². The molecule has 1 nitrogen and oxygen atoms in total. The maximum atomic E-state index is 13.4. The molecular weight excluding hydrogens is 220 g/mol. The molecule has 1 aromatic rings. The number of hydrogen-bond acceptors (Lipinski definition) is 1. The molecule has 0 aliphatic heterocycles. The Hall–Kier alpha value is -0.960. The summed E-state index contributed by atoms with van der Waals surface area (Å²) in [6.45, 7) is 2.70. The molecule has 1 aromatic carbocycles. The third-order valence-electron chi connectivity index (χ3n) is 2.95. The number of hydrogen-bond donors (Lipinski definition) is 1. The van der Waals surface area contributed by atoms with Gasteiger partial charge in [0.1, 0.15) is 11.6 Å². The lowest BCUT2D eigenvalue weighted by Gasteiger charge is -2.06. The molecule has 3 heteroatoms. The zero-order valence-electron chi connectivity index (χ0n) is 10.7. The van der Waals surface area contributed by atoms with Crippen LogP contribution in [0.25, 0.3) is 0 Å². The van der Waals surface area contributed by atoms with Gasteiger partial charge in [-0.1, -0.05) is 18.9 Å². The molecular formula is C14H21F2N. The largest absolute Gasteiger partial charge is 0.320 e. The van der Waals surface area contributed by atoms with Crippen LogP contribution in [0.15, 0.2) is 12.1 Å². The summed E-state index contributed by atoms with van der Waals surface area (Å²) in [5, 5.41) is 3.10. The summed E-state index contributed by atoms with van der Waals surface area (Å²) in [6, 6.07) is 2.62. The number of halogens is 2. The highest BCUT2D eigenvalue weighted by Crippen LogP contribution is 2.16. The van der Waals surface area contributed by atoms with Gasteiger partial charge in [0, 0.05) is 6.07 Å². The van der Waals surface area contributed by atoms with E-state index in [1.165, 1.54) is 0 Å². The van der Waals surface area contributed by atoms with Gasteiger partial charge in [0.25, 0.3) is 0 Å². The van der Waals surface area contributed by atoms with Gasteiger partial charge in [-0.15, -0.1) is 0 Å². The van der Waals surface area contributed by atoms with Gasteiger partial charge in [-0.3, -0.25) is 0 Å². The summed E-state index contributed by atoms with van der Waals surface area (Å²) in [7, 11) is 1.94. The molecule has 0 fully saturated rings. The number of nitrogens with one attached hydrogen (secondary N) is 1. The minimum Gasteiger partial charge on any atom is -0.320 e. The average molecular weight is 241 g/mol. The van der Waals surface area contributed by atoms with Gasteiger partial charge in [-0.25, -0.2) is 8.78 Å². The number of unbranched alkanes of at least 4 members (excludes halogenated alkanes) is 3. The molecule has 0 aliphatic rings. The Morgan fingerprint density at radius 2 is 1.71 bits per heavy atom. The number of benzene rings is 1. The highest BCUT2D eigenvalue weighted by Gasteiger charge is 2.06. The summed E-state index contributed by atoms with van der Waals surface area (Å²) in [4.78, 5) is 0. The standard InChI is InChI=1S/C14H21F2N/c1-11-9-12(14(16)10-13(11)15)7-5-3-4-6-8-17-2/h9-10,17H,3-8H2,1-2H3. The molecule has 0 bridgehead atoms. The van der Waals surface area contributed by atoms with Gasteiger partial charge in [0.2, 0.25) is 0 Å². The van der Waals surface area contributed by atoms with Crippen LogP contribution in [-0.4, -0.2) is 13.6 Å². The highest BCUT2D eigenvalue weighted by molar-refractivity contribution is 5.25. The molecule has 96 valence electrons. The second-order valence-electron chi connectivity index (χ2n) is 4.46. The first-order valence-electron chi connectivity index (χ1n) is 6.24. The van der Waals surface area contributed by atoms with E-state index in [1.807, 2.05) is 7.05 Å². The van der Waals surface area contributed by atoms with Gasteiger partial charge in [-0.2, -0.15) is 0 Å². The topological polar surface area (TPSA) is 12.0 Å². The Balaban J connectivity index is 2.34. The van der Waals surface area contributed by atoms with Crippen LogP contribution in [-0.2, 0) is 6.42 Å². The zero-order chi connectivity index (χ0) is 12.7. The molecule has 0 saturated heterocycles. The molecule has 1 rings (SSSR count). The number of aryl methyl sites for hydroxylation is 2. The summed E-state index contributed by atoms with van der Waals surface area (Å²) in [5.74, 6) is -0.872. The Bertz CT molecular complexity index is 350. The molecule has 0 atom stereocenters. The van der Waals surface area contributed by atoms with Gasteiger partial charge < -0.3 is 5.32 Å². The SMILES string of the molecule is CNCCCCCCc1cc(C)c(F)cc1F. The maximum Gasteiger partial charge on any atom is 0.129 e. The van der Waals surface area contributed by atoms with E-state index in [4.69, 9.17) is 0 Å². The fraction of sp³-hybridized carbons (Fsp3) is 0.571. The molecule has 1 N–H and O–H groups in total. The van der Waals surface area contributed by atoms with Crippen molar-refractivity contribution in [1.82, 2.24) is 5.32 Å². The highest BCUT2D eigenvalue weighted by atomic mass is 19.1. The van der Waals surface area contributed by atoms with E-state index in [0.717, 1.165) is 38.3 Å². The van der Waals surface area contributed by atoms with E-state index in [-0.39, 0.29) is 0 Å². The van der Waals surface area contributed by atoms with E-state index in [2.05, 4.69) is 5.32 Å². The second kappa shape index (κ2) is 7.38. The van der Waals surface area contributed by atoms with Crippen LogP contribution in [0.1, 0.15) is 36.8 Å². The van der Waals surface area contributed by atoms with Crippen LogP contribution in [0, 0.1) is 18.6 Å². The zero-order valence-corrected chi connectivity index (χ0v) is 10.7. The van der Waals surface area contributed by atoms with Gasteiger partial charge in [-0.05, 0) is 50.9 Å². The van der Waals surface area contributed by atoms with E-state index >= 15 is 0 Å². The molecule has 0 radical (unpaired) electrons. The molecule has 17 heavy (non-hydrogen) atoms. The van der Waals surface area contributed by atoms with Crippen LogP contribution in [0.4, 0.5) is 8.78 Å². The Morgan fingerprint density at radius 1 is 1.00 bits per heavy atom. The molecule has 0 unspecified atom stereocenters. The lowest BCUT2D eigenvalue weighted by molar-refractivity contribution is 0.557. The molecule has 0 aliphatic carbocycles. The van der Waals surface area contributed by atoms with Crippen LogP contribution in [0.2, 0.25) is 0 Å². The predicted octanol–water partition coefficient (Wildman–Crippen LogP) is 3.60. The first-order valence-corrected chi connectivity index (χ1v) is 6.24. The van der Waals surface area contributed by atoms with Crippen LogP contribution >= 0.6 is 0 Å². The molecule has 0 saturated carbocycles. The average Bonchev–Trinajstić information content (AvgIpc) is 2.30. The third kappa shape index (κ3) is 4.82. The fourth-order valence-electron chi connectivity index (χ4n) is 1.88. The van der Waals surface area contributed by atoms with Crippen molar-refractivity contribution in [2.24, 2.45) is 0 Å². The van der Waals surface area contributed by atoms with Crippen LogP contribution in [0.3, 0.4) is 0 Å². The monoisotopic (exact) mass is 241 g/mol. The van der Waals surface area contributed by atoms with Crippen molar-refractivity contribution in [1.29, 1.82) is 0 Å². The molecule has 0 heterocycles. The lowest BCUT2D eigenvalue weighted by atomic mass is 10.0. The molecule has 0 spiro atoms. The van der Waals surface area contributed by atoms with Crippen LogP contribution in [0.5, 0.6) is 0 Å². The van der Waals surface area contributed by atoms with Crippen molar-refractivity contribution in [2.75, 3.05) is 13.6 Å². The first kappa shape index (κ1) is 14.1. The minimum absolute atomic E-state index is 0.414. The third-order valence-corrected chi connectivity index (χ3v) is 2.95. The predicted molar refractivity (Wildman–Crippen MR) is 67.2 cm³/mol. The lowest BCUT2D eigenvalue weighted by Crippen LogP contribution is -2.07.